The number of ether oxygens (including phenoxy) is 1. The van der Waals surface area contributed by atoms with E-state index in [2.05, 4.69) is 15.0 Å². The van der Waals surface area contributed by atoms with E-state index in [9.17, 15) is 4.79 Å². The SMILES string of the molecule is COC(=O)C1CCCN(Cc2noc(-c3ccco3)n2)C1. The van der Waals surface area contributed by atoms with Gasteiger partial charge in [-0.3, -0.25) is 9.69 Å². The lowest BCUT2D eigenvalue weighted by Crippen LogP contribution is -2.38. The standard InChI is InChI=1S/C14H17N3O4/c1-19-14(18)10-4-2-6-17(8-10)9-12-15-13(21-16-12)11-5-3-7-20-11/h3,5,7,10H,2,4,6,8-9H2,1H3. The highest BCUT2D eigenvalue weighted by Gasteiger charge is 2.27. The molecule has 1 aliphatic rings. The van der Waals surface area contributed by atoms with E-state index in [0.29, 0.717) is 30.6 Å². The lowest BCUT2D eigenvalue weighted by molar-refractivity contribution is -0.147. The molecule has 3 rings (SSSR count). The summed E-state index contributed by atoms with van der Waals surface area (Å²) in [6.07, 6.45) is 3.39. The second kappa shape index (κ2) is 6.09. The van der Waals surface area contributed by atoms with E-state index in [-0.39, 0.29) is 11.9 Å². The summed E-state index contributed by atoms with van der Waals surface area (Å²) in [5, 5.41) is 3.95. The zero-order valence-corrected chi connectivity index (χ0v) is 11.8. The Hall–Kier alpha value is -2.15. The molecule has 2 aromatic heterocycles. The van der Waals surface area contributed by atoms with E-state index in [1.807, 2.05) is 0 Å². The molecule has 0 aliphatic carbocycles. The fourth-order valence-electron chi connectivity index (χ4n) is 2.58. The van der Waals surface area contributed by atoms with Gasteiger partial charge in [0.2, 0.25) is 0 Å². The molecule has 7 heteroatoms. The van der Waals surface area contributed by atoms with Gasteiger partial charge in [-0.2, -0.15) is 4.98 Å². The minimum atomic E-state index is -0.149. The largest absolute Gasteiger partial charge is 0.469 e. The van der Waals surface area contributed by atoms with Crippen molar-refractivity contribution < 1.29 is 18.5 Å². The van der Waals surface area contributed by atoms with Crippen LogP contribution in [0.3, 0.4) is 0 Å². The first-order valence-electron chi connectivity index (χ1n) is 6.93. The minimum Gasteiger partial charge on any atom is -0.469 e. The summed E-state index contributed by atoms with van der Waals surface area (Å²) >= 11 is 0. The highest BCUT2D eigenvalue weighted by molar-refractivity contribution is 5.72. The van der Waals surface area contributed by atoms with Crippen LogP contribution >= 0.6 is 0 Å². The Balaban J connectivity index is 1.62. The fraction of sp³-hybridized carbons (Fsp3) is 0.500. The molecule has 0 bridgehead atoms. The predicted octanol–water partition coefficient (Wildman–Crippen LogP) is 1.71. The van der Waals surface area contributed by atoms with Crippen molar-refractivity contribution in [2.24, 2.45) is 5.92 Å². The van der Waals surface area contributed by atoms with Gasteiger partial charge < -0.3 is 13.7 Å². The van der Waals surface area contributed by atoms with Gasteiger partial charge in [-0.05, 0) is 31.5 Å². The van der Waals surface area contributed by atoms with Gasteiger partial charge in [-0.15, -0.1) is 0 Å². The Bertz CT molecular complexity index is 593. The van der Waals surface area contributed by atoms with E-state index < -0.39 is 0 Å². The first-order valence-corrected chi connectivity index (χ1v) is 6.93. The lowest BCUT2D eigenvalue weighted by atomic mass is 9.98. The summed E-state index contributed by atoms with van der Waals surface area (Å²) < 4.78 is 15.2. The normalized spacial score (nSPS) is 19.6. The molecule has 0 saturated carbocycles. The molecule has 1 unspecified atom stereocenters. The topological polar surface area (TPSA) is 81.6 Å². The highest BCUT2D eigenvalue weighted by atomic mass is 16.5. The van der Waals surface area contributed by atoms with Crippen molar-refractivity contribution in [1.82, 2.24) is 15.0 Å². The molecule has 1 fully saturated rings. The number of nitrogens with zero attached hydrogens (tertiary/aromatic N) is 3. The van der Waals surface area contributed by atoms with Gasteiger partial charge in [0, 0.05) is 6.54 Å². The first kappa shape index (κ1) is 13.8. The van der Waals surface area contributed by atoms with E-state index in [1.54, 1.807) is 18.4 Å². The highest BCUT2D eigenvalue weighted by Crippen LogP contribution is 2.21. The van der Waals surface area contributed by atoms with Crippen LogP contribution in [0.25, 0.3) is 11.7 Å². The third kappa shape index (κ3) is 3.13. The van der Waals surface area contributed by atoms with E-state index in [4.69, 9.17) is 13.7 Å². The third-order valence-electron chi connectivity index (χ3n) is 3.61. The molecular weight excluding hydrogens is 274 g/mol. The quantitative estimate of drug-likeness (QED) is 0.793. The molecule has 112 valence electrons. The molecule has 1 saturated heterocycles. The van der Waals surface area contributed by atoms with Crippen molar-refractivity contribution in [3.63, 3.8) is 0 Å². The van der Waals surface area contributed by atoms with Crippen molar-refractivity contribution >= 4 is 5.97 Å². The fourth-order valence-corrected chi connectivity index (χ4v) is 2.58. The maximum absolute atomic E-state index is 11.6. The smallest absolute Gasteiger partial charge is 0.309 e. The monoisotopic (exact) mass is 291 g/mol. The van der Waals surface area contributed by atoms with Crippen molar-refractivity contribution in [3.05, 3.63) is 24.2 Å². The number of aromatic nitrogens is 2. The van der Waals surface area contributed by atoms with Gasteiger partial charge >= 0.3 is 5.97 Å². The van der Waals surface area contributed by atoms with Crippen LogP contribution in [0.4, 0.5) is 0 Å². The van der Waals surface area contributed by atoms with E-state index in [1.165, 1.54) is 7.11 Å². The van der Waals surface area contributed by atoms with Gasteiger partial charge in [0.1, 0.15) is 0 Å². The predicted molar refractivity (Wildman–Crippen MR) is 72.0 cm³/mol. The molecule has 21 heavy (non-hydrogen) atoms. The van der Waals surface area contributed by atoms with Gasteiger partial charge in [0.15, 0.2) is 11.6 Å². The molecule has 1 atom stereocenters. The Morgan fingerprint density at radius 3 is 3.24 bits per heavy atom. The van der Waals surface area contributed by atoms with Crippen molar-refractivity contribution in [2.75, 3.05) is 20.2 Å². The summed E-state index contributed by atoms with van der Waals surface area (Å²) in [4.78, 5) is 18.1. The maximum Gasteiger partial charge on any atom is 0.309 e. The zero-order valence-electron chi connectivity index (χ0n) is 11.8. The van der Waals surface area contributed by atoms with Crippen LogP contribution < -0.4 is 0 Å². The molecule has 0 aromatic carbocycles. The Morgan fingerprint density at radius 2 is 2.48 bits per heavy atom. The number of likely N-dealkylation sites (tertiary alicyclic amines) is 1. The average molecular weight is 291 g/mol. The molecule has 0 spiro atoms. The lowest BCUT2D eigenvalue weighted by Gasteiger charge is -2.30. The van der Waals surface area contributed by atoms with Crippen molar-refractivity contribution in [3.8, 4) is 11.7 Å². The maximum atomic E-state index is 11.6. The molecule has 7 nitrogen and oxygen atoms in total. The Kier molecular flexibility index (Phi) is 4.01. The molecular formula is C14H17N3O4. The van der Waals surface area contributed by atoms with Crippen LogP contribution in [0.15, 0.2) is 27.3 Å². The number of carbonyl (C=O) groups excluding carboxylic acids is 1. The van der Waals surface area contributed by atoms with Gasteiger partial charge in [0.25, 0.3) is 5.89 Å². The molecule has 1 aliphatic heterocycles. The summed E-state index contributed by atoms with van der Waals surface area (Å²) in [7, 11) is 1.43. The van der Waals surface area contributed by atoms with Gasteiger partial charge in [-0.25, -0.2) is 0 Å². The number of hydrogen-bond acceptors (Lipinski definition) is 7. The molecule has 2 aromatic rings. The molecule has 3 heterocycles. The summed E-state index contributed by atoms with van der Waals surface area (Å²) in [6, 6.07) is 3.54. The Labute approximate surface area is 121 Å². The number of piperidine rings is 1. The number of esters is 1. The molecule has 0 radical (unpaired) electrons. The van der Waals surface area contributed by atoms with Crippen LogP contribution in [0, 0.1) is 5.92 Å². The van der Waals surface area contributed by atoms with Gasteiger partial charge in [-0.1, -0.05) is 5.16 Å². The van der Waals surface area contributed by atoms with Crippen LogP contribution in [-0.2, 0) is 16.1 Å². The van der Waals surface area contributed by atoms with E-state index >= 15 is 0 Å². The zero-order chi connectivity index (χ0) is 14.7. The summed E-state index contributed by atoms with van der Waals surface area (Å²) in [5.74, 6) is 1.30. The van der Waals surface area contributed by atoms with Crippen molar-refractivity contribution in [2.45, 2.75) is 19.4 Å². The van der Waals surface area contributed by atoms with Crippen LogP contribution in [-0.4, -0.2) is 41.2 Å². The van der Waals surface area contributed by atoms with E-state index in [0.717, 1.165) is 19.4 Å². The number of hydrogen-bond donors (Lipinski definition) is 0. The Morgan fingerprint density at radius 1 is 1.57 bits per heavy atom. The van der Waals surface area contributed by atoms with Crippen LogP contribution in [0.1, 0.15) is 18.7 Å². The number of methoxy groups -OCH3 is 1. The number of furan rings is 1. The third-order valence-corrected chi connectivity index (χ3v) is 3.61. The number of carbonyl (C=O) groups is 1. The number of rotatable bonds is 4. The summed E-state index contributed by atoms with van der Waals surface area (Å²) in [5.41, 5.74) is 0. The van der Waals surface area contributed by atoms with Crippen molar-refractivity contribution in [1.29, 1.82) is 0 Å². The minimum absolute atomic E-state index is 0.0693. The van der Waals surface area contributed by atoms with Crippen LogP contribution in [0.5, 0.6) is 0 Å². The first-order chi connectivity index (χ1) is 10.3. The second-order valence-corrected chi connectivity index (χ2v) is 5.09. The molecule has 0 amide bonds. The summed E-state index contributed by atoms with van der Waals surface area (Å²) in [6.45, 7) is 2.13. The molecule has 0 N–H and O–H groups in total. The van der Waals surface area contributed by atoms with Crippen LogP contribution in [0.2, 0.25) is 0 Å². The average Bonchev–Trinajstić information content (AvgIpc) is 3.17. The second-order valence-electron chi connectivity index (χ2n) is 5.09. The van der Waals surface area contributed by atoms with Gasteiger partial charge in [0.05, 0.1) is 25.8 Å².